The number of carbonyl (C=O) groups excluding carboxylic acids is 2. The third-order valence-electron chi connectivity index (χ3n) is 5.55. The molecule has 7 heteroatoms. The van der Waals surface area contributed by atoms with Crippen LogP contribution in [0.25, 0.3) is 0 Å². The minimum atomic E-state index is -0.0176. The molecule has 0 radical (unpaired) electrons. The van der Waals surface area contributed by atoms with Gasteiger partial charge in [-0.2, -0.15) is 0 Å². The molecular weight excluding hydrogens is 370 g/mol. The molecule has 29 heavy (non-hydrogen) atoms. The first-order chi connectivity index (χ1) is 14.2. The lowest BCUT2D eigenvalue weighted by molar-refractivity contribution is -0.0353. The van der Waals surface area contributed by atoms with Crippen LogP contribution >= 0.6 is 0 Å². The molecule has 3 heterocycles. The van der Waals surface area contributed by atoms with Gasteiger partial charge in [-0.05, 0) is 31.2 Å². The number of carbonyl (C=O) groups is 2. The molecule has 154 valence electrons. The maximum atomic E-state index is 12.7. The smallest absolute Gasteiger partial charge is 0.257 e. The highest BCUT2D eigenvalue weighted by molar-refractivity contribution is 5.94. The van der Waals surface area contributed by atoms with Crippen LogP contribution < -0.4 is 0 Å². The van der Waals surface area contributed by atoms with E-state index in [1.807, 2.05) is 40.1 Å². The molecule has 1 atom stereocenters. The molecule has 2 aromatic rings. The van der Waals surface area contributed by atoms with E-state index in [1.54, 1.807) is 6.07 Å². The molecule has 2 fully saturated rings. The predicted molar refractivity (Wildman–Crippen MR) is 108 cm³/mol. The fourth-order valence-electron chi connectivity index (χ4n) is 3.99. The van der Waals surface area contributed by atoms with Gasteiger partial charge in [-0.1, -0.05) is 18.2 Å². The van der Waals surface area contributed by atoms with Crippen LogP contribution in [0.4, 0.5) is 0 Å². The molecule has 0 N–H and O–H groups in total. The van der Waals surface area contributed by atoms with Gasteiger partial charge >= 0.3 is 0 Å². The van der Waals surface area contributed by atoms with Crippen LogP contribution in [0.15, 0.2) is 53.3 Å². The van der Waals surface area contributed by atoms with Crippen LogP contribution in [0, 0.1) is 0 Å². The number of hydrogen-bond acceptors (Lipinski definition) is 5. The Morgan fingerprint density at radius 2 is 1.72 bits per heavy atom. The fourth-order valence-corrected chi connectivity index (χ4v) is 3.99. The zero-order valence-corrected chi connectivity index (χ0v) is 16.5. The first-order valence-corrected chi connectivity index (χ1v) is 10.2. The topological polar surface area (TPSA) is 66.2 Å². The molecule has 0 aliphatic carbocycles. The van der Waals surface area contributed by atoms with Crippen molar-refractivity contribution in [2.75, 3.05) is 52.4 Å². The van der Waals surface area contributed by atoms with Gasteiger partial charge in [0.1, 0.15) is 6.26 Å². The molecule has 2 aliphatic rings. The number of furan rings is 1. The van der Waals surface area contributed by atoms with E-state index >= 15 is 0 Å². The van der Waals surface area contributed by atoms with Gasteiger partial charge in [-0.25, -0.2) is 0 Å². The van der Waals surface area contributed by atoms with Gasteiger partial charge in [0.2, 0.25) is 0 Å². The SMILES string of the molecule is O=C(c1ccccc1)N1CCCN(CC2CN(C(=O)c3ccoc3)CCO2)CC1. The number of ether oxygens (including phenoxy) is 1. The van der Waals surface area contributed by atoms with Crippen molar-refractivity contribution in [1.82, 2.24) is 14.7 Å². The van der Waals surface area contributed by atoms with Gasteiger partial charge in [0.15, 0.2) is 0 Å². The number of benzene rings is 1. The number of rotatable bonds is 4. The van der Waals surface area contributed by atoms with Crippen molar-refractivity contribution in [3.63, 3.8) is 0 Å². The Morgan fingerprint density at radius 3 is 2.52 bits per heavy atom. The van der Waals surface area contributed by atoms with E-state index in [0.717, 1.165) is 38.2 Å². The average molecular weight is 397 g/mol. The largest absolute Gasteiger partial charge is 0.472 e. The summed E-state index contributed by atoms with van der Waals surface area (Å²) < 4.78 is 11.0. The Kier molecular flexibility index (Phi) is 6.27. The molecule has 1 unspecified atom stereocenters. The summed E-state index contributed by atoms with van der Waals surface area (Å²) in [5.41, 5.74) is 1.32. The summed E-state index contributed by atoms with van der Waals surface area (Å²) in [7, 11) is 0. The van der Waals surface area contributed by atoms with Crippen molar-refractivity contribution in [1.29, 1.82) is 0 Å². The van der Waals surface area contributed by atoms with Gasteiger partial charge in [-0.15, -0.1) is 0 Å². The summed E-state index contributed by atoms with van der Waals surface area (Å²) in [6.07, 6.45) is 3.92. The van der Waals surface area contributed by atoms with E-state index in [4.69, 9.17) is 9.15 Å². The molecule has 0 bridgehead atoms. The number of hydrogen-bond donors (Lipinski definition) is 0. The van der Waals surface area contributed by atoms with Gasteiger partial charge in [0.05, 0.1) is 24.5 Å². The van der Waals surface area contributed by atoms with E-state index in [0.29, 0.717) is 31.8 Å². The van der Waals surface area contributed by atoms with Crippen LogP contribution in [0.1, 0.15) is 27.1 Å². The van der Waals surface area contributed by atoms with Crippen molar-refractivity contribution < 1.29 is 18.7 Å². The molecule has 0 saturated carbocycles. The average Bonchev–Trinajstić information content (AvgIpc) is 3.21. The summed E-state index contributed by atoms with van der Waals surface area (Å²) in [5.74, 6) is 0.0841. The van der Waals surface area contributed by atoms with Crippen molar-refractivity contribution in [2.24, 2.45) is 0 Å². The van der Waals surface area contributed by atoms with E-state index in [2.05, 4.69) is 4.90 Å². The van der Waals surface area contributed by atoms with Crippen LogP contribution in [0.3, 0.4) is 0 Å². The van der Waals surface area contributed by atoms with Crippen molar-refractivity contribution >= 4 is 11.8 Å². The van der Waals surface area contributed by atoms with Crippen LogP contribution in [0.2, 0.25) is 0 Å². The summed E-state index contributed by atoms with van der Waals surface area (Å²) in [4.78, 5) is 31.4. The van der Waals surface area contributed by atoms with Crippen molar-refractivity contribution in [2.45, 2.75) is 12.5 Å². The van der Waals surface area contributed by atoms with Crippen LogP contribution in [0.5, 0.6) is 0 Å². The van der Waals surface area contributed by atoms with Gasteiger partial charge < -0.3 is 19.0 Å². The number of amides is 2. The van der Waals surface area contributed by atoms with E-state index in [9.17, 15) is 9.59 Å². The Hall–Kier alpha value is -2.64. The van der Waals surface area contributed by atoms with Crippen molar-refractivity contribution in [3.8, 4) is 0 Å². The second kappa shape index (κ2) is 9.24. The standard InChI is InChI=1S/C22H27N3O4/c26-21(18-5-2-1-3-6-18)24-9-4-8-23(10-11-24)15-20-16-25(12-14-29-20)22(27)19-7-13-28-17-19/h1-3,5-7,13,17,20H,4,8-12,14-16H2. The molecular formula is C22H27N3O4. The summed E-state index contributed by atoms with van der Waals surface area (Å²) in [6, 6.07) is 11.1. The Labute approximate surface area is 170 Å². The zero-order chi connectivity index (χ0) is 20.1. The van der Waals surface area contributed by atoms with Crippen LogP contribution in [-0.4, -0.2) is 85.0 Å². The quantitative estimate of drug-likeness (QED) is 0.789. The molecule has 1 aromatic carbocycles. The molecule has 2 aliphatic heterocycles. The first kappa shape index (κ1) is 19.7. The van der Waals surface area contributed by atoms with Crippen molar-refractivity contribution in [3.05, 3.63) is 60.1 Å². The van der Waals surface area contributed by atoms with E-state index < -0.39 is 0 Å². The fraction of sp³-hybridized carbons (Fsp3) is 0.455. The van der Waals surface area contributed by atoms with E-state index in [-0.39, 0.29) is 17.9 Å². The first-order valence-electron chi connectivity index (χ1n) is 10.2. The minimum absolute atomic E-state index is 0.0115. The third kappa shape index (κ3) is 4.86. The molecule has 7 nitrogen and oxygen atoms in total. The number of nitrogens with zero attached hydrogens (tertiary/aromatic N) is 3. The lowest BCUT2D eigenvalue weighted by Gasteiger charge is -2.35. The van der Waals surface area contributed by atoms with E-state index in [1.165, 1.54) is 12.5 Å². The molecule has 2 saturated heterocycles. The highest BCUT2D eigenvalue weighted by Crippen LogP contribution is 2.14. The Balaban J connectivity index is 1.30. The number of morpholine rings is 1. The van der Waals surface area contributed by atoms with Gasteiger partial charge in [-0.3, -0.25) is 14.5 Å². The monoisotopic (exact) mass is 397 g/mol. The second-order valence-corrected chi connectivity index (χ2v) is 7.57. The summed E-state index contributed by atoms with van der Waals surface area (Å²) in [6.45, 7) is 5.69. The highest BCUT2D eigenvalue weighted by atomic mass is 16.5. The lowest BCUT2D eigenvalue weighted by atomic mass is 10.2. The minimum Gasteiger partial charge on any atom is -0.472 e. The zero-order valence-electron chi connectivity index (χ0n) is 16.5. The molecule has 0 spiro atoms. The summed E-state index contributed by atoms with van der Waals surface area (Å²) >= 11 is 0. The lowest BCUT2D eigenvalue weighted by Crippen LogP contribution is -2.50. The highest BCUT2D eigenvalue weighted by Gasteiger charge is 2.28. The van der Waals surface area contributed by atoms with Gasteiger partial charge in [0.25, 0.3) is 11.8 Å². The molecule has 1 aromatic heterocycles. The molecule has 2 amide bonds. The van der Waals surface area contributed by atoms with Crippen LogP contribution in [-0.2, 0) is 4.74 Å². The normalized spacial score (nSPS) is 21.0. The Bertz CT molecular complexity index is 809. The molecule has 4 rings (SSSR count). The maximum Gasteiger partial charge on any atom is 0.257 e. The second-order valence-electron chi connectivity index (χ2n) is 7.57. The summed E-state index contributed by atoms with van der Waals surface area (Å²) in [5, 5.41) is 0. The maximum absolute atomic E-state index is 12.7. The van der Waals surface area contributed by atoms with Gasteiger partial charge in [0, 0.05) is 44.8 Å². The predicted octanol–water partition coefficient (Wildman–Crippen LogP) is 1.97. The third-order valence-corrected chi connectivity index (χ3v) is 5.55. The Morgan fingerprint density at radius 1 is 0.897 bits per heavy atom.